The quantitative estimate of drug-likeness (QED) is 0.786. The van der Waals surface area contributed by atoms with Crippen molar-refractivity contribution in [2.45, 2.75) is 27.2 Å². The Morgan fingerprint density at radius 1 is 1.26 bits per heavy atom. The van der Waals surface area contributed by atoms with Crippen LogP contribution < -0.4 is 15.4 Å². The molecular formula is C15H24N2O2. The number of ether oxygens (including phenoxy) is 1. The number of methoxy groups -OCH3 is 1. The molecule has 0 bridgehead atoms. The average Bonchev–Trinajstić information content (AvgIpc) is 2.36. The minimum Gasteiger partial charge on any atom is -0.496 e. The molecule has 0 fully saturated rings. The van der Waals surface area contributed by atoms with Crippen LogP contribution in [0.3, 0.4) is 0 Å². The Labute approximate surface area is 115 Å². The Morgan fingerprint density at radius 2 is 1.89 bits per heavy atom. The van der Waals surface area contributed by atoms with Crippen molar-refractivity contribution in [2.75, 3.05) is 26.7 Å². The molecule has 0 spiro atoms. The third-order valence-corrected chi connectivity index (χ3v) is 3.00. The van der Waals surface area contributed by atoms with Crippen molar-refractivity contribution in [3.8, 4) is 5.75 Å². The maximum Gasteiger partial charge on any atom is 0.233 e. The number of benzene rings is 1. The van der Waals surface area contributed by atoms with Gasteiger partial charge < -0.3 is 15.4 Å². The Hall–Kier alpha value is -1.55. The lowest BCUT2D eigenvalue weighted by Gasteiger charge is -2.11. The zero-order valence-corrected chi connectivity index (χ0v) is 12.3. The summed E-state index contributed by atoms with van der Waals surface area (Å²) in [5.74, 6) is 0.990. The van der Waals surface area contributed by atoms with Gasteiger partial charge in [0.15, 0.2) is 0 Å². The van der Waals surface area contributed by atoms with E-state index in [0.29, 0.717) is 13.1 Å². The molecule has 4 nitrogen and oxygen atoms in total. The Bertz CT molecular complexity index is 407. The van der Waals surface area contributed by atoms with Crippen molar-refractivity contribution in [2.24, 2.45) is 0 Å². The number of carbonyl (C=O) groups is 1. The predicted molar refractivity (Wildman–Crippen MR) is 77.7 cm³/mol. The van der Waals surface area contributed by atoms with E-state index in [-0.39, 0.29) is 5.91 Å². The average molecular weight is 264 g/mol. The first-order valence-electron chi connectivity index (χ1n) is 6.70. The highest BCUT2D eigenvalue weighted by Crippen LogP contribution is 2.24. The van der Waals surface area contributed by atoms with Crippen LogP contribution in [0.1, 0.15) is 23.6 Å². The van der Waals surface area contributed by atoms with Crippen LogP contribution in [0.2, 0.25) is 0 Å². The van der Waals surface area contributed by atoms with Gasteiger partial charge in [-0.3, -0.25) is 4.79 Å². The van der Waals surface area contributed by atoms with Crippen molar-refractivity contribution >= 4 is 5.91 Å². The second-order valence-corrected chi connectivity index (χ2v) is 4.64. The van der Waals surface area contributed by atoms with E-state index >= 15 is 0 Å². The molecule has 0 saturated heterocycles. The van der Waals surface area contributed by atoms with Gasteiger partial charge in [-0.05, 0) is 43.5 Å². The molecule has 1 aromatic rings. The smallest absolute Gasteiger partial charge is 0.233 e. The van der Waals surface area contributed by atoms with Gasteiger partial charge in [-0.25, -0.2) is 0 Å². The summed E-state index contributed by atoms with van der Waals surface area (Å²) in [4.78, 5) is 11.4. The van der Waals surface area contributed by atoms with Crippen molar-refractivity contribution in [1.29, 1.82) is 0 Å². The van der Waals surface area contributed by atoms with Gasteiger partial charge in [0.1, 0.15) is 5.75 Å². The van der Waals surface area contributed by atoms with Gasteiger partial charge in [0.05, 0.1) is 13.7 Å². The fourth-order valence-electron chi connectivity index (χ4n) is 2.15. The van der Waals surface area contributed by atoms with E-state index < -0.39 is 0 Å². The zero-order chi connectivity index (χ0) is 14.3. The highest BCUT2D eigenvalue weighted by molar-refractivity contribution is 5.77. The molecule has 106 valence electrons. The number of nitrogens with one attached hydrogen (secondary N) is 2. The Balaban J connectivity index is 2.48. The number of hydrogen-bond acceptors (Lipinski definition) is 3. The third-order valence-electron chi connectivity index (χ3n) is 3.00. The molecule has 1 rings (SSSR count). The Kier molecular flexibility index (Phi) is 6.36. The van der Waals surface area contributed by atoms with E-state index in [9.17, 15) is 4.79 Å². The number of likely N-dealkylation sites (N-methyl/N-ethyl adjacent to an activating group) is 1. The van der Waals surface area contributed by atoms with Crippen LogP contribution in [-0.2, 0) is 11.2 Å². The molecule has 0 aliphatic heterocycles. The minimum atomic E-state index is 0.0452. The molecule has 19 heavy (non-hydrogen) atoms. The van der Waals surface area contributed by atoms with Gasteiger partial charge in [-0.2, -0.15) is 0 Å². The first-order chi connectivity index (χ1) is 9.08. The second kappa shape index (κ2) is 7.79. The fraction of sp³-hybridized carbons (Fsp3) is 0.533. The van der Waals surface area contributed by atoms with E-state index in [1.54, 1.807) is 7.11 Å². The van der Waals surface area contributed by atoms with Crippen LogP contribution >= 0.6 is 0 Å². The van der Waals surface area contributed by atoms with E-state index in [0.717, 1.165) is 29.8 Å². The maximum absolute atomic E-state index is 11.4. The molecule has 0 aliphatic carbocycles. The van der Waals surface area contributed by atoms with Gasteiger partial charge in [0, 0.05) is 6.54 Å². The van der Waals surface area contributed by atoms with E-state index in [2.05, 4.69) is 22.8 Å². The highest BCUT2D eigenvalue weighted by atomic mass is 16.5. The largest absolute Gasteiger partial charge is 0.496 e. The molecule has 2 N–H and O–H groups in total. The van der Waals surface area contributed by atoms with Crippen LogP contribution in [0.5, 0.6) is 5.75 Å². The van der Waals surface area contributed by atoms with Crippen LogP contribution in [-0.4, -0.2) is 32.7 Å². The summed E-state index contributed by atoms with van der Waals surface area (Å²) in [6, 6.07) is 4.23. The SMILES string of the molecule is CCNCC(=O)NCCc1cc(C)c(OC)c(C)c1. The lowest BCUT2D eigenvalue weighted by molar-refractivity contribution is -0.120. The lowest BCUT2D eigenvalue weighted by atomic mass is 10.0. The zero-order valence-electron chi connectivity index (χ0n) is 12.3. The van der Waals surface area contributed by atoms with Crippen LogP contribution in [0.15, 0.2) is 12.1 Å². The van der Waals surface area contributed by atoms with E-state index in [1.807, 2.05) is 20.8 Å². The number of carbonyl (C=O) groups excluding carboxylic acids is 1. The summed E-state index contributed by atoms with van der Waals surface area (Å²) in [5, 5.41) is 5.90. The van der Waals surface area contributed by atoms with Crippen LogP contribution in [0.25, 0.3) is 0 Å². The van der Waals surface area contributed by atoms with Gasteiger partial charge in [0.2, 0.25) is 5.91 Å². The molecular weight excluding hydrogens is 240 g/mol. The highest BCUT2D eigenvalue weighted by Gasteiger charge is 2.05. The first-order valence-corrected chi connectivity index (χ1v) is 6.70. The molecule has 0 aromatic heterocycles. The van der Waals surface area contributed by atoms with Crippen molar-refractivity contribution in [3.63, 3.8) is 0 Å². The summed E-state index contributed by atoms with van der Waals surface area (Å²) < 4.78 is 5.34. The molecule has 1 amide bonds. The number of amides is 1. The Morgan fingerprint density at radius 3 is 2.42 bits per heavy atom. The van der Waals surface area contributed by atoms with Crippen molar-refractivity contribution in [3.05, 3.63) is 28.8 Å². The first kappa shape index (κ1) is 15.5. The summed E-state index contributed by atoms with van der Waals surface area (Å²) >= 11 is 0. The normalized spacial score (nSPS) is 10.3. The molecule has 4 heteroatoms. The number of aryl methyl sites for hydroxylation is 2. The van der Waals surface area contributed by atoms with E-state index in [1.165, 1.54) is 5.56 Å². The van der Waals surface area contributed by atoms with Crippen LogP contribution in [0.4, 0.5) is 0 Å². The summed E-state index contributed by atoms with van der Waals surface area (Å²) in [7, 11) is 1.69. The third kappa shape index (κ3) is 4.91. The molecule has 1 aromatic carbocycles. The topological polar surface area (TPSA) is 50.4 Å². The second-order valence-electron chi connectivity index (χ2n) is 4.64. The fourth-order valence-corrected chi connectivity index (χ4v) is 2.15. The van der Waals surface area contributed by atoms with Gasteiger partial charge in [0.25, 0.3) is 0 Å². The van der Waals surface area contributed by atoms with Crippen molar-refractivity contribution < 1.29 is 9.53 Å². The van der Waals surface area contributed by atoms with Gasteiger partial charge >= 0.3 is 0 Å². The van der Waals surface area contributed by atoms with Gasteiger partial charge in [-0.1, -0.05) is 19.1 Å². The van der Waals surface area contributed by atoms with Crippen LogP contribution in [0, 0.1) is 13.8 Å². The standard InChI is InChI=1S/C15H24N2O2/c1-5-16-10-14(18)17-7-6-13-8-11(2)15(19-4)12(3)9-13/h8-9,16H,5-7,10H2,1-4H3,(H,17,18). The van der Waals surface area contributed by atoms with E-state index in [4.69, 9.17) is 4.74 Å². The molecule has 0 heterocycles. The molecule has 0 saturated carbocycles. The number of hydrogen-bond donors (Lipinski definition) is 2. The monoisotopic (exact) mass is 264 g/mol. The lowest BCUT2D eigenvalue weighted by Crippen LogP contribution is -2.34. The maximum atomic E-state index is 11.4. The minimum absolute atomic E-state index is 0.0452. The number of rotatable bonds is 7. The van der Waals surface area contributed by atoms with Crippen molar-refractivity contribution in [1.82, 2.24) is 10.6 Å². The molecule has 0 aliphatic rings. The summed E-state index contributed by atoms with van der Waals surface area (Å²) in [6.45, 7) is 7.92. The summed E-state index contributed by atoms with van der Waals surface area (Å²) in [6.07, 6.45) is 0.837. The molecule has 0 unspecified atom stereocenters. The molecule has 0 atom stereocenters. The predicted octanol–water partition coefficient (Wildman–Crippen LogP) is 1.58. The summed E-state index contributed by atoms with van der Waals surface area (Å²) in [5.41, 5.74) is 3.49. The van der Waals surface area contributed by atoms with Gasteiger partial charge in [-0.15, -0.1) is 0 Å². The molecule has 0 radical (unpaired) electrons.